The summed E-state index contributed by atoms with van der Waals surface area (Å²) in [5, 5.41) is 10.1. The number of nitrogens with zero attached hydrogens (tertiary/aromatic N) is 2. The van der Waals surface area contributed by atoms with Gasteiger partial charge in [-0.2, -0.15) is 5.10 Å². The molecule has 0 aromatic carbocycles. The molecule has 0 spiro atoms. The largest absolute Gasteiger partial charge is 0.305 e. The summed E-state index contributed by atoms with van der Waals surface area (Å²) < 4.78 is 2.06. The third kappa shape index (κ3) is 2.42. The highest BCUT2D eigenvalue weighted by molar-refractivity contribution is 7.10. The zero-order valence-electron chi connectivity index (χ0n) is 10.6. The Morgan fingerprint density at radius 2 is 2.24 bits per heavy atom. The zero-order valence-corrected chi connectivity index (χ0v) is 11.4. The number of thiophene rings is 1. The summed E-state index contributed by atoms with van der Waals surface area (Å²) in [4.78, 5) is 1.39. The van der Waals surface area contributed by atoms with Gasteiger partial charge in [-0.3, -0.25) is 4.68 Å². The van der Waals surface area contributed by atoms with Gasteiger partial charge in [0.25, 0.3) is 0 Å². The molecule has 0 fully saturated rings. The first kappa shape index (κ1) is 12.3. The van der Waals surface area contributed by atoms with Gasteiger partial charge >= 0.3 is 0 Å². The molecule has 2 aromatic rings. The molecule has 0 aliphatic heterocycles. The molecule has 1 unspecified atom stereocenters. The molecular weight excluding hydrogens is 230 g/mol. The first-order valence-corrected chi connectivity index (χ1v) is 6.95. The van der Waals surface area contributed by atoms with Crippen molar-refractivity contribution in [3.05, 3.63) is 39.8 Å². The lowest BCUT2D eigenvalue weighted by atomic mass is 10.1. The standard InChI is InChI=1S/C13H19N3S/c1-4-14-12(13-10(3)7-9-17-13)11-6-8-15-16(11)5-2/h6-9,12,14H,4-5H2,1-3H3. The first-order chi connectivity index (χ1) is 8.27. The van der Waals surface area contributed by atoms with Crippen molar-refractivity contribution in [1.82, 2.24) is 15.1 Å². The molecule has 17 heavy (non-hydrogen) atoms. The van der Waals surface area contributed by atoms with Crippen LogP contribution in [0.15, 0.2) is 23.7 Å². The van der Waals surface area contributed by atoms with Crippen molar-refractivity contribution in [2.75, 3.05) is 6.54 Å². The Hall–Kier alpha value is -1.13. The normalized spacial score (nSPS) is 12.9. The van der Waals surface area contributed by atoms with Crippen LogP contribution < -0.4 is 5.32 Å². The van der Waals surface area contributed by atoms with Gasteiger partial charge in [0.1, 0.15) is 0 Å². The van der Waals surface area contributed by atoms with E-state index in [0.717, 1.165) is 13.1 Å². The molecule has 0 bridgehead atoms. The van der Waals surface area contributed by atoms with Crippen LogP contribution in [0.1, 0.15) is 36.0 Å². The summed E-state index contributed by atoms with van der Waals surface area (Å²) in [5.41, 5.74) is 2.60. The number of aromatic nitrogens is 2. The van der Waals surface area contributed by atoms with Crippen LogP contribution in [0.5, 0.6) is 0 Å². The van der Waals surface area contributed by atoms with E-state index in [1.54, 1.807) is 0 Å². The van der Waals surface area contributed by atoms with E-state index < -0.39 is 0 Å². The van der Waals surface area contributed by atoms with Crippen LogP contribution in [0, 0.1) is 6.92 Å². The minimum Gasteiger partial charge on any atom is -0.305 e. The Kier molecular flexibility index (Phi) is 3.97. The highest BCUT2D eigenvalue weighted by atomic mass is 32.1. The van der Waals surface area contributed by atoms with E-state index in [1.165, 1.54) is 16.1 Å². The molecule has 0 aliphatic rings. The van der Waals surface area contributed by atoms with Crippen molar-refractivity contribution in [1.29, 1.82) is 0 Å². The average molecular weight is 249 g/mol. The van der Waals surface area contributed by atoms with Gasteiger partial charge in [0, 0.05) is 17.6 Å². The summed E-state index contributed by atoms with van der Waals surface area (Å²) in [7, 11) is 0. The van der Waals surface area contributed by atoms with Gasteiger partial charge in [0.2, 0.25) is 0 Å². The highest BCUT2D eigenvalue weighted by Crippen LogP contribution is 2.29. The lowest BCUT2D eigenvalue weighted by Crippen LogP contribution is -2.24. The van der Waals surface area contributed by atoms with Crippen molar-refractivity contribution < 1.29 is 0 Å². The summed E-state index contributed by atoms with van der Waals surface area (Å²) in [6.07, 6.45) is 1.88. The van der Waals surface area contributed by atoms with E-state index >= 15 is 0 Å². The van der Waals surface area contributed by atoms with Crippen molar-refractivity contribution in [2.24, 2.45) is 0 Å². The maximum atomic E-state index is 4.36. The molecule has 2 rings (SSSR count). The van der Waals surface area contributed by atoms with Crippen LogP contribution >= 0.6 is 11.3 Å². The number of rotatable bonds is 5. The second-order valence-corrected chi connectivity index (χ2v) is 4.98. The van der Waals surface area contributed by atoms with E-state index in [2.05, 4.69) is 53.4 Å². The van der Waals surface area contributed by atoms with Crippen LogP contribution in [-0.2, 0) is 6.54 Å². The van der Waals surface area contributed by atoms with E-state index in [1.807, 2.05) is 17.5 Å². The fourth-order valence-electron chi connectivity index (χ4n) is 2.07. The number of hydrogen-bond donors (Lipinski definition) is 1. The van der Waals surface area contributed by atoms with Gasteiger partial charge in [-0.05, 0) is 43.5 Å². The number of hydrogen-bond acceptors (Lipinski definition) is 3. The Morgan fingerprint density at radius 1 is 1.41 bits per heavy atom. The Balaban J connectivity index is 2.39. The van der Waals surface area contributed by atoms with Crippen molar-refractivity contribution in [3.63, 3.8) is 0 Å². The predicted octanol–water partition coefficient (Wildman–Crippen LogP) is 2.97. The fraction of sp³-hybridized carbons (Fsp3) is 0.462. The zero-order chi connectivity index (χ0) is 12.3. The topological polar surface area (TPSA) is 29.9 Å². The van der Waals surface area contributed by atoms with Crippen LogP contribution in [0.3, 0.4) is 0 Å². The quantitative estimate of drug-likeness (QED) is 0.883. The minimum absolute atomic E-state index is 0.266. The van der Waals surface area contributed by atoms with Crippen LogP contribution in [0.2, 0.25) is 0 Å². The van der Waals surface area contributed by atoms with Gasteiger partial charge in [-0.25, -0.2) is 0 Å². The molecule has 2 heterocycles. The van der Waals surface area contributed by atoms with Crippen molar-refractivity contribution >= 4 is 11.3 Å². The Labute approximate surface area is 106 Å². The molecule has 4 heteroatoms. The SMILES string of the molecule is CCNC(c1sccc1C)c1ccnn1CC. The van der Waals surface area contributed by atoms with Crippen molar-refractivity contribution in [3.8, 4) is 0 Å². The maximum absolute atomic E-state index is 4.36. The molecule has 0 aliphatic carbocycles. The van der Waals surface area contributed by atoms with Gasteiger partial charge in [-0.1, -0.05) is 6.92 Å². The van der Waals surface area contributed by atoms with Gasteiger partial charge < -0.3 is 5.32 Å². The Bertz CT molecular complexity index is 472. The van der Waals surface area contributed by atoms with Crippen LogP contribution in [0.25, 0.3) is 0 Å². The number of aryl methyl sites for hydroxylation is 2. The monoisotopic (exact) mass is 249 g/mol. The lowest BCUT2D eigenvalue weighted by Gasteiger charge is -2.18. The predicted molar refractivity (Wildman–Crippen MR) is 72.5 cm³/mol. The number of nitrogens with one attached hydrogen (secondary N) is 1. The molecule has 1 atom stereocenters. The highest BCUT2D eigenvalue weighted by Gasteiger charge is 2.19. The van der Waals surface area contributed by atoms with E-state index in [0.29, 0.717) is 0 Å². The van der Waals surface area contributed by atoms with E-state index in [4.69, 9.17) is 0 Å². The lowest BCUT2D eigenvalue weighted by molar-refractivity contribution is 0.546. The molecule has 0 radical (unpaired) electrons. The molecule has 0 saturated carbocycles. The molecule has 0 amide bonds. The van der Waals surface area contributed by atoms with E-state index in [-0.39, 0.29) is 6.04 Å². The van der Waals surface area contributed by atoms with Crippen LogP contribution in [0.4, 0.5) is 0 Å². The third-order valence-electron chi connectivity index (χ3n) is 2.92. The second kappa shape index (κ2) is 5.47. The fourth-order valence-corrected chi connectivity index (χ4v) is 3.08. The summed E-state index contributed by atoms with van der Waals surface area (Å²) in [5.74, 6) is 0. The molecule has 2 aromatic heterocycles. The first-order valence-electron chi connectivity index (χ1n) is 6.07. The Morgan fingerprint density at radius 3 is 2.82 bits per heavy atom. The smallest absolute Gasteiger partial charge is 0.0844 e. The molecule has 92 valence electrons. The van der Waals surface area contributed by atoms with Gasteiger partial charge in [0.05, 0.1) is 11.7 Å². The van der Waals surface area contributed by atoms with Crippen molar-refractivity contribution in [2.45, 2.75) is 33.4 Å². The molecule has 1 N–H and O–H groups in total. The average Bonchev–Trinajstić information content (AvgIpc) is 2.94. The molecule has 3 nitrogen and oxygen atoms in total. The van der Waals surface area contributed by atoms with Crippen LogP contribution in [-0.4, -0.2) is 16.3 Å². The second-order valence-electron chi connectivity index (χ2n) is 4.03. The molecular formula is C13H19N3S. The van der Waals surface area contributed by atoms with E-state index in [9.17, 15) is 0 Å². The summed E-state index contributed by atoms with van der Waals surface area (Å²) >= 11 is 1.81. The van der Waals surface area contributed by atoms with Gasteiger partial charge in [-0.15, -0.1) is 11.3 Å². The minimum atomic E-state index is 0.266. The third-order valence-corrected chi connectivity index (χ3v) is 4.00. The molecule has 0 saturated heterocycles. The summed E-state index contributed by atoms with van der Waals surface area (Å²) in [6.45, 7) is 8.30. The van der Waals surface area contributed by atoms with Gasteiger partial charge in [0.15, 0.2) is 0 Å². The summed E-state index contributed by atoms with van der Waals surface area (Å²) in [6, 6.07) is 4.55. The maximum Gasteiger partial charge on any atom is 0.0844 e.